The highest BCUT2D eigenvalue weighted by atomic mass is 16.6. The van der Waals surface area contributed by atoms with E-state index in [1.54, 1.807) is 37.6 Å². The fraction of sp³-hybridized carbons (Fsp3) is 0.400. The van der Waals surface area contributed by atoms with Crippen LogP contribution in [0, 0.1) is 11.8 Å². The van der Waals surface area contributed by atoms with Crippen LogP contribution in [0.25, 0.3) is 22.5 Å². The molecule has 2 aromatic heterocycles. The lowest BCUT2D eigenvalue weighted by Gasteiger charge is -2.32. The minimum Gasteiger partial charge on any atom is -0.481 e. The number of ether oxygens (including phenoxy) is 2. The topological polar surface area (TPSA) is 178 Å². The number of pyridine rings is 1. The van der Waals surface area contributed by atoms with Crippen molar-refractivity contribution in [2.45, 2.75) is 64.5 Å². The molecule has 2 aromatic carbocycles. The second-order valence-corrected chi connectivity index (χ2v) is 13.0. The zero-order valence-corrected chi connectivity index (χ0v) is 27.7. The number of anilines is 1. The van der Waals surface area contributed by atoms with E-state index in [0.717, 1.165) is 29.5 Å². The Bertz CT molecular complexity index is 1680. The van der Waals surface area contributed by atoms with Crippen LogP contribution in [0.15, 0.2) is 66.9 Å². The van der Waals surface area contributed by atoms with Gasteiger partial charge >= 0.3 is 6.09 Å². The maximum Gasteiger partial charge on any atom is 0.407 e. The average molecular weight is 655 g/mol. The molecule has 3 amide bonds. The molecule has 0 aliphatic heterocycles. The number of alkyl carbamates (subject to hydrolysis) is 1. The van der Waals surface area contributed by atoms with Crippen LogP contribution in [-0.4, -0.2) is 68.8 Å². The van der Waals surface area contributed by atoms with Crippen LogP contribution >= 0.6 is 0 Å². The lowest BCUT2D eigenvalue weighted by Crippen LogP contribution is -2.50. The van der Waals surface area contributed by atoms with Crippen molar-refractivity contribution < 1.29 is 23.9 Å². The van der Waals surface area contributed by atoms with Gasteiger partial charge in [0.05, 0.1) is 18.8 Å². The van der Waals surface area contributed by atoms with E-state index in [-0.39, 0.29) is 24.2 Å². The molecule has 1 fully saturated rings. The number of imide groups is 1. The van der Waals surface area contributed by atoms with E-state index in [9.17, 15) is 14.4 Å². The molecule has 5 rings (SSSR count). The Morgan fingerprint density at radius 1 is 1.00 bits per heavy atom. The van der Waals surface area contributed by atoms with E-state index in [1.165, 1.54) is 4.90 Å². The van der Waals surface area contributed by atoms with Gasteiger partial charge in [-0.1, -0.05) is 24.3 Å². The van der Waals surface area contributed by atoms with Gasteiger partial charge in [0.25, 0.3) is 5.91 Å². The fourth-order valence-corrected chi connectivity index (χ4v) is 5.85. The molecule has 0 radical (unpaired) electrons. The molecule has 13 nitrogen and oxygen atoms in total. The summed E-state index contributed by atoms with van der Waals surface area (Å²) in [5.74, 6) is -0.0289. The van der Waals surface area contributed by atoms with Crippen molar-refractivity contribution in [1.29, 1.82) is 0 Å². The number of amides is 3. The molecule has 1 saturated carbocycles. The molecule has 13 heteroatoms. The average Bonchev–Trinajstić information content (AvgIpc) is 3.63. The predicted octanol–water partition coefficient (Wildman–Crippen LogP) is 4.70. The van der Waals surface area contributed by atoms with E-state index < -0.39 is 23.6 Å². The Hall–Kier alpha value is -5.17. The highest BCUT2D eigenvalue weighted by Gasteiger charge is 2.35. The molecule has 4 aromatic rings. The lowest BCUT2D eigenvalue weighted by atomic mass is 9.81. The highest BCUT2D eigenvalue weighted by Crippen LogP contribution is 2.33. The summed E-state index contributed by atoms with van der Waals surface area (Å²) < 4.78 is 10.7. The maximum absolute atomic E-state index is 14.1. The molecule has 252 valence electrons. The van der Waals surface area contributed by atoms with Crippen LogP contribution in [0.2, 0.25) is 0 Å². The number of hydrogen-bond acceptors (Lipinski definition) is 10. The first kappa shape index (κ1) is 34.2. The number of rotatable bonds is 10. The first-order valence-corrected chi connectivity index (χ1v) is 16.0. The highest BCUT2D eigenvalue weighted by molar-refractivity contribution is 6.17. The zero-order chi connectivity index (χ0) is 34.3. The van der Waals surface area contributed by atoms with E-state index in [1.807, 2.05) is 57.2 Å². The van der Waals surface area contributed by atoms with Gasteiger partial charge in [0, 0.05) is 29.8 Å². The number of aromatic nitrogens is 5. The van der Waals surface area contributed by atoms with Crippen molar-refractivity contribution in [2.24, 2.45) is 17.6 Å². The summed E-state index contributed by atoms with van der Waals surface area (Å²) in [5.41, 5.74) is 9.67. The summed E-state index contributed by atoms with van der Waals surface area (Å²) in [6.07, 6.45) is 4.07. The lowest BCUT2D eigenvalue weighted by molar-refractivity contribution is -0.130. The van der Waals surface area contributed by atoms with Gasteiger partial charge in [0.2, 0.25) is 17.6 Å². The number of benzene rings is 2. The molecule has 1 aliphatic rings. The molecule has 0 bridgehead atoms. The summed E-state index contributed by atoms with van der Waals surface area (Å²) >= 11 is 0. The number of methoxy groups -OCH3 is 1. The van der Waals surface area contributed by atoms with Gasteiger partial charge in [-0.2, -0.15) is 5.21 Å². The van der Waals surface area contributed by atoms with E-state index in [2.05, 4.69) is 30.9 Å². The van der Waals surface area contributed by atoms with Crippen molar-refractivity contribution in [2.75, 3.05) is 18.6 Å². The summed E-state index contributed by atoms with van der Waals surface area (Å²) in [6.45, 7) is 5.92. The van der Waals surface area contributed by atoms with Gasteiger partial charge in [-0.05, 0) is 112 Å². The molecule has 2 heterocycles. The third-order valence-corrected chi connectivity index (χ3v) is 8.30. The standard InChI is InChI=1S/C35H42N8O5/c1-35(2,3)48-34(46)38-21-23-9-13-26(14-10-23)32(44)43(27-17-15-25(16-18-27)30-39-41-42-40-30)33(45)29(36)20-22-7-11-24(12-8-22)28-6-5-19-37-31(28)47-4/h5-8,11-12,15-19,23,26,29H,9-10,13-14,20-21,36H2,1-4H3,(H,38,46)(H,39,40,41,42)/t23-,26-,29-/m0/s1. The largest absolute Gasteiger partial charge is 0.481 e. The van der Waals surface area contributed by atoms with Crippen molar-refractivity contribution in [3.63, 3.8) is 0 Å². The number of nitrogens with zero attached hydrogens (tertiary/aromatic N) is 5. The molecule has 0 unspecified atom stereocenters. The van der Waals surface area contributed by atoms with Crippen molar-refractivity contribution >= 4 is 23.6 Å². The Kier molecular flexibility index (Phi) is 10.8. The number of H-pyrrole nitrogens is 1. The number of nitrogens with two attached hydrogens (primary N) is 1. The molecule has 0 spiro atoms. The summed E-state index contributed by atoms with van der Waals surface area (Å²) in [5, 5.41) is 16.9. The summed E-state index contributed by atoms with van der Waals surface area (Å²) in [6, 6.07) is 17.3. The Morgan fingerprint density at radius 2 is 1.69 bits per heavy atom. The molecule has 4 N–H and O–H groups in total. The van der Waals surface area contributed by atoms with Crippen molar-refractivity contribution in [1.82, 2.24) is 30.9 Å². The van der Waals surface area contributed by atoms with Crippen LogP contribution in [0.4, 0.5) is 10.5 Å². The van der Waals surface area contributed by atoms with Gasteiger partial charge < -0.3 is 20.5 Å². The van der Waals surface area contributed by atoms with Crippen molar-refractivity contribution in [3.05, 3.63) is 72.4 Å². The molecule has 1 aliphatic carbocycles. The van der Waals surface area contributed by atoms with Gasteiger partial charge in [-0.25, -0.2) is 14.7 Å². The van der Waals surface area contributed by atoms with Gasteiger partial charge in [-0.15, -0.1) is 10.2 Å². The minimum atomic E-state index is -0.973. The molecule has 48 heavy (non-hydrogen) atoms. The smallest absolute Gasteiger partial charge is 0.407 e. The van der Waals surface area contributed by atoms with Crippen LogP contribution in [-0.2, 0) is 20.7 Å². The first-order chi connectivity index (χ1) is 23.0. The van der Waals surface area contributed by atoms with Gasteiger partial charge in [0.15, 0.2) is 0 Å². The molecule has 0 saturated heterocycles. The van der Waals surface area contributed by atoms with Crippen LogP contribution in [0.3, 0.4) is 0 Å². The Labute approximate surface area is 279 Å². The van der Waals surface area contributed by atoms with Gasteiger partial charge in [-0.3, -0.25) is 9.59 Å². The van der Waals surface area contributed by atoms with Crippen LogP contribution < -0.4 is 20.7 Å². The first-order valence-electron chi connectivity index (χ1n) is 16.0. The number of aromatic amines is 1. The Morgan fingerprint density at radius 3 is 2.31 bits per heavy atom. The summed E-state index contributed by atoms with van der Waals surface area (Å²) in [4.78, 5) is 45.8. The fourth-order valence-electron chi connectivity index (χ4n) is 5.85. The third-order valence-electron chi connectivity index (χ3n) is 8.30. The van der Waals surface area contributed by atoms with Crippen molar-refractivity contribution in [3.8, 4) is 28.4 Å². The monoisotopic (exact) mass is 654 g/mol. The van der Waals surface area contributed by atoms with Gasteiger partial charge in [0.1, 0.15) is 5.60 Å². The number of tetrazole rings is 1. The van der Waals surface area contributed by atoms with E-state index in [4.69, 9.17) is 15.2 Å². The minimum absolute atomic E-state index is 0.205. The SMILES string of the molecule is COc1ncccc1-c1ccc(C[C@H](N)C(=O)N(c2ccc(-c3nn[nH]n3)cc2)C(=O)[C@H]2CC[C@H](CNC(=O)OC(C)(C)C)CC2)cc1. The second-order valence-electron chi connectivity index (χ2n) is 13.0. The van der Waals surface area contributed by atoms with E-state index >= 15 is 0 Å². The molecular formula is C35H42N8O5. The van der Waals surface area contributed by atoms with E-state index in [0.29, 0.717) is 42.3 Å². The molecule has 1 atom stereocenters. The van der Waals surface area contributed by atoms with Crippen LogP contribution in [0.5, 0.6) is 5.88 Å². The van der Waals surface area contributed by atoms with Crippen LogP contribution in [0.1, 0.15) is 52.0 Å². The number of nitrogens with one attached hydrogen (secondary N) is 2. The maximum atomic E-state index is 14.1. The quantitative estimate of drug-likeness (QED) is 0.217. The number of carbonyl (C=O) groups is 3. The predicted molar refractivity (Wildman–Crippen MR) is 180 cm³/mol. The second kappa shape index (κ2) is 15.2. The Balaban J connectivity index is 1.29. The number of carbonyl (C=O) groups excluding carboxylic acids is 3. The zero-order valence-electron chi connectivity index (χ0n) is 27.7. The normalized spacial score (nSPS) is 16.9. The summed E-state index contributed by atoms with van der Waals surface area (Å²) in [7, 11) is 1.58. The number of hydrogen-bond donors (Lipinski definition) is 3. The third kappa shape index (κ3) is 8.59. The molecular weight excluding hydrogens is 612 g/mol.